The molecule has 0 saturated carbocycles. The molecule has 0 bridgehead atoms. The zero-order chi connectivity index (χ0) is 17.2. The lowest BCUT2D eigenvalue weighted by molar-refractivity contribution is 0.0224. The van der Waals surface area contributed by atoms with Crippen LogP contribution in [0.3, 0.4) is 0 Å². The molecule has 2 N–H and O–H groups in total. The fourth-order valence-corrected chi connectivity index (χ4v) is 3.55. The van der Waals surface area contributed by atoms with E-state index in [9.17, 15) is 0 Å². The summed E-state index contributed by atoms with van der Waals surface area (Å²) in [6.07, 6.45) is 7.35. The summed E-state index contributed by atoms with van der Waals surface area (Å²) in [6.45, 7) is 3.25. The van der Waals surface area contributed by atoms with Crippen LogP contribution in [0.15, 0.2) is 45.3 Å². The number of guanidine groups is 1. The van der Waals surface area contributed by atoms with E-state index in [2.05, 4.69) is 28.1 Å². The van der Waals surface area contributed by atoms with Gasteiger partial charge < -0.3 is 19.8 Å². The molecule has 0 aliphatic carbocycles. The first-order valence-electron chi connectivity index (χ1n) is 9.09. The van der Waals surface area contributed by atoms with E-state index in [4.69, 9.17) is 14.1 Å². The summed E-state index contributed by atoms with van der Waals surface area (Å²) in [6, 6.07) is 8.18. The summed E-state index contributed by atoms with van der Waals surface area (Å²) in [5.41, 5.74) is 0. The highest BCUT2D eigenvalue weighted by Gasteiger charge is 2.13. The molecule has 0 radical (unpaired) electrons. The maximum Gasteiger partial charge on any atom is 0.191 e. The predicted octanol–water partition coefficient (Wildman–Crippen LogP) is 3.85. The van der Waals surface area contributed by atoms with Crippen LogP contribution in [-0.4, -0.2) is 38.3 Å². The van der Waals surface area contributed by atoms with Gasteiger partial charge in [-0.1, -0.05) is 6.07 Å². The van der Waals surface area contributed by atoms with Crippen molar-refractivity contribution in [3.8, 4) is 0 Å². The van der Waals surface area contributed by atoms with E-state index in [1.54, 1.807) is 17.6 Å². The van der Waals surface area contributed by atoms with Gasteiger partial charge in [0.25, 0.3) is 0 Å². The zero-order valence-corrected chi connectivity index (χ0v) is 18.1. The first kappa shape index (κ1) is 21.2. The fourth-order valence-electron chi connectivity index (χ4n) is 2.84. The summed E-state index contributed by atoms with van der Waals surface area (Å²) in [5, 5.41) is 8.96. The van der Waals surface area contributed by atoms with E-state index in [-0.39, 0.29) is 30.1 Å². The Morgan fingerprint density at radius 2 is 2.04 bits per heavy atom. The lowest BCUT2D eigenvalue weighted by Gasteiger charge is -2.21. The zero-order valence-electron chi connectivity index (χ0n) is 15.0. The Kier molecular flexibility index (Phi) is 10.1. The number of thiophene rings is 1. The number of ether oxygens (including phenoxy) is 1. The normalized spacial score (nSPS) is 17.5. The molecule has 0 spiro atoms. The number of halogens is 1. The summed E-state index contributed by atoms with van der Waals surface area (Å²) in [7, 11) is 0. The van der Waals surface area contributed by atoms with Crippen LogP contribution in [0.25, 0.3) is 0 Å². The highest BCUT2D eigenvalue weighted by Crippen LogP contribution is 2.12. The van der Waals surface area contributed by atoms with Crippen molar-refractivity contribution in [1.82, 2.24) is 10.6 Å². The molecule has 1 unspecified atom stereocenters. The largest absolute Gasteiger partial charge is 0.469 e. The standard InChI is InChI=1S/C19H27N3O2S.HI/c1-2-12-24-17(5-1)15-22-19(20-10-8-16-6-3-13-23-16)21-11-9-18-7-4-14-25-18;/h3-4,6-7,13-14,17H,1-2,5,8-12,15H2,(H2,20,21,22);1H. The highest BCUT2D eigenvalue weighted by molar-refractivity contribution is 14.0. The molecule has 3 rings (SSSR count). The van der Waals surface area contributed by atoms with Crippen molar-refractivity contribution in [3.05, 3.63) is 46.5 Å². The first-order valence-corrected chi connectivity index (χ1v) is 9.96. The molecule has 1 aliphatic rings. The second-order valence-corrected chi connectivity index (χ2v) is 7.22. The number of nitrogens with zero attached hydrogens (tertiary/aromatic N) is 1. The molecule has 1 fully saturated rings. The monoisotopic (exact) mass is 489 g/mol. The number of furan rings is 1. The van der Waals surface area contributed by atoms with Crippen LogP contribution in [0.1, 0.15) is 29.9 Å². The molecule has 0 amide bonds. The second kappa shape index (κ2) is 12.3. The lowest BCUT2D eigenvalue weighted by Crippen LogP contribution is -2.40. The predicted molar refractivity (Wildman–Crippen MR) is 118 cm³/mol. The van der Waals surface area contributed by atoms with Crippen molar-refractivity contribution in [3.63, 3.8) is 0 Å². The molecular weight excluding hydrogens is 461 g/mol. The Hall–Kier alpha value is -1.06. The van der Waals surface area contributed by atoms with Gasteiger partial charge >= 0.3 is 0 Å². The summed E-state index contributed by atoms with van der Waals surface area (Å²) in [5.74, 6) is 1.85. The molecule has 26 heavy (non-hydrogen) atoms. The smallest absolute Gasteiger partial charge is 0.191 e. The van der Waals surface area contributed by atoms with Crippen molar-refractivity contribution < 1.29 is 9.15 Å². The number of hydrogen-bond donors (Lipinski definition) is 2. The number of aliphatic imine (C=N–C) groups is 1. The van der Waals surface area contributed by atoms with Gasteiger partial charge in [0.05, 0.1) is 18.9 Å². The molecule has 7 heteroatoms. The molecule has 0 aromatic carbocycles. The number of rotatable bonds is 8. The third-order valence-electron chi connectivity index (χ3n) is 4.21. The van der Waals surface area contributed by atoms with Crippen molar-refractivity contribution in [1.29, 1.82) is 0 Å². The molecule has 1 saturated heterocycles. The van der Waals surface area contributed by atoms with Crippen LogP contribution in [0.2, 0.25) is 0 Å². The van der Waals surface area contributed by atoms with Crippen LogP contribution in [0.4, 0.5) is 0 Å². The molecule has 1 atom stereocenters. The van der Waals surface area contributed by atoms with E-state index in [1.165, 1.54) is 17.7 Å². The van der Waals surface area contributed by atoms with Crippen molar-refractivity contribution >= 4 is 41.3 Å². The fraction of sp³-hybridized carbons (Fsp3) is 0.526. The topological polar surface area (TPSA) is 58.8 Å². The van der Waals surface area contributed by atoms with Crippen LogP contribution in [-0.2, 0) is 17.6 Å². The van der Waals surface area contributed by atoms with Gasteiger partial charge in [-0.2, -0.15) is 0 Å². The van der Waals surface area contributed by atoms with Gasteiger partial charge in [-0.05, 0) is 49.3 Å². The Labute approximate surface area is 176 Å². The van der Waals surface area contributed by atoms with Gasteiger partial charge in [0.2, 0.25) is 0 Å². The molecule has 1 aliphatic heterocycles. The Morgan fingerprint density at radius 3 is 2.73 bits per heavy atom. The van der Waals surface area contributed by atoms with Crippen LogP contribution in [0.5, 0.6) is 0 Å². The average molecular weight is 489 g/mol. The van der Waals surface area contributed by atoms with Gasteiger partial charge in [-0.3, -0.25) is 4.99 Å². The maximum atomic E-state index is 5.78. The summed E-state index contributed by atoms with van der Waals surface area (Å²) < 4.78 is 11.2. The van der Waals surface area contributed by atoms with E-state index >= 15 is 0 Å². The third kappa shape index (κ3) is 7.67. The average Bonchev–Trinajstić information content (AvgIpc) is 3.34. The summed E-state index contributed by atoms with van der Waals surface area (Å²) in [4.78, 5) is 6.11. The first-order chi connectivity index (χ1) is 12.4. The molecule has 2 aromatic heterocycles. The minimum Gasteiger partial charge on any atom is -0.469 e. The SMILES string of the molecule is I.c1coc(CCNC(=NCC2CCCCO2)NCCc2cccs2)c1. The van der Waals surface area contributed by atoms with Gasteiger partial charge in [-0.25, -0.2) is 0 Å². The van der Waals surface area contributed by atoms with Gasteiger partial charge in [0, 0.05) is 31.0 Å². The summed E-state index contributed by atoms with van der Waals surface area (Å²) >= 11 is 1.79. The minimum atomic E-state index is 0. The van der Waals surface area contributed by atoms with Crippen molar-refractivity contribution in [2.45, 2.75) is 38.2 Å². The number of hydrogen-bond acceptors (Lipinski definition) is 4. The minimum absolute atomic E-state index is 0. The van der Waals surface area contributed by atoms with Crippen LogP contribution >= 0.6 is 35.3 Å². The van der Waals surface area contributed by atoms with Crippen LogP contribution in [0, 0.1) is 0 Å². The van der Waals surface area contributed by atoms with Crippen molar-refractivity contribution in [2.24, 2.45) is 4.99 Å². The molecule has 144 valence electrons. The lowest BCUT2D eigenvalue weighted by atomic mass is 10.1. The number of nitrogens with one attached hydrogen (secondary N) is 2. The Morgan fingerprint density at radius 1 is 1.15 bits per heavy atom. The molecule has 5 nitrogen and oxygen atoms in total. The molecule has 3 heterocycles. The van der Waals surface area contributed by atoms with Gasteiger partial charge in [0.15, 0.2) is 5.96 Å². The second-order valence-electron chi connectivity index (χ2n) is 6.19. The third-order valence-corrected chi connectivity index (χ3v) is 5.15. The molecule has 2 aromatic rings. The van der Waals surface area contributed by atoms with E-state index in [0.29, 0.717) is 0 Å². The molecular formula is C19H28IN3O2S. The van der Waals surface area contributed by atoms with E-state index < -0.39 is 0 Å². The van der Waals surface area contributed by atoms with E-state index in [0.717, 1.165) is 57.2 Å². The van der Waals surface area contributed by atoms with E-state index in [1.807, 2.05) is 12.1 Å². The Balaban J connectivity index is 0.00000243. The van der Waals surface area contributed by atoms with Gasteiger partial charge in [-0.15, -0.1) is 35.3 Å². The Bertz CT molecular complexity index is 569. The van der Waals surface area contributed by atoms with Crippen molar-refractivity contribution in [2.75, 3.05) is 26.2 Å². The maximum absolute atomic E-state index is 5.78. The highest BCUT2D eigenvalue weighted by atomic mass is 127. The van der Waals surface area contributed by atoms with Crippen LogP contribution < -0.4 is 10.6 Å². The van der Waals surface area contributed by atoms with Gasteiger partial charge in [0.1, 0.15) is 5.76 Å². The quantitative estimate of drug-likeness (QED) is 0.336.